The van der Waals surface area contributed by atoms with Gasteiger partial charge in [-0.2, -0.15) is 0 Å². The van der Waals surface area contributed by atoms with Crippen LogP contribution in [0.5, 0.6) is 0 Å². The maximum Gasteiger partial charge on any atom is 0.254 e. The minimum atomic E-state index is -1.16. The second kappa shape index (κ2) is 5.21. The molecule has 0 N–H and O–H groups in total. The average molecular weight is 281 g/mol. The highest BCUT2D eigenvalue weighted by atomic mass is 35.5. The number of benzene rings is 1. The number of rotatable bonds is 4. The van der Waals surface area contributed by atoms with Gasteiger partial charge in [-0.25, -0.2) is 0 Å². The number of nitrogens with zero attached hydrogens (tertiary/aromatic N) is 1. The maximum atomic E-state index is 12.3. The fraction of sp³-hybridized carbons (Fsp3) is 0.429. The zero-order chi connectivity index (χ0) is 14.2. The van der Waals surface area contributed by atoms with Crippen LogP contribution in [0.3, 0.4) is 0 Å². The quantitative estimate of drug-likeness (QED) is 0.842. The summed E-state index contributed by atoms with van der Waals surface area (Å²) in [4.78, 5) is 24.8. The van der Waals surface area contributed by atoms with Crippen LogP contribution >= 0.6 is 11.6 Å². The van der Waals surface area contributed by atoms with Gasteiger partial charge in [-0.05, 0) is 23.6 Å². The van der Waals surface area contributed by atoms with Crippen molar-refractivity contribution in [1.29, 1.82) is 0 Å². The van der Waals surface area contributed by atoms with Crippen LogP contribution in [0.1, 0.15) is 42.2 Å². The molecule has 0 fully saturated rings. The average Bonchev–Trinajstić information content (AvgIpc) is 2.53. The van der Waals surface area contributed by atoms with Crippen molar-refractivity contribution in [2.24, 2.45) is 5.92 Å². The van der Waals surface area contributed by atoms with Gasteiger partial charge in [0.1, 0.15) is 0 Å². The summed E-state index contributed by atoms with van der Waals surface area (Å²) in [5, 5.41) is 11.4. The molecule has 5 heteroatoms. The fourth-order valence-corrected chi connectivity index (χ4v) is 2.62. The van der Waals surface area contributed by atoms with Crippen molar-refractivity contribution in [3.8, 4) is 0 Å². The first kappa shape index (κ1) is 13.9. The molecule has 0 bridgehead atoms. The summed E-state index contributed by atoms with van der Waals surface area (Å²) in [6.07, 6.45) is -0.187. The zero-order valence-corrected chi connectivity index (χ0v) is 11.6. The molecule has 0 saturated carbocycles. The molecule has 1 unspecified atom stereocenters. The topological polar surface area (TPSA) is 60.4 Å². The van der Waals surface area contributed by atoms with Crippen molar-refractivity contribution in [3.63, 3.8) is 0 Å². The summed E-state index contributed by atoms with van der Waals surface area (Å²) < 4.78 is 0. The molecule has 1 atom stereocenters. The van der Waals surface area contributed by atoms with Gasteiger partial charge in [-0.1, -0.05) is 31.5 Å². The molecular formula is C14H15ClNO3-. The summed E-state index contributed by atoms with van der Waals surface area (Å²) in [5.74, 6) is -1.05. The van der Waals surface area contributed by atoms with Crippen LogP contribution in [-0.4, -0.2) is 23.3 Å². The van der Waals surface area contributed by atoms with Gasteiger partial charge in [0.05, 0.1) is 6.04 Å². The molecule has 0 aromatic heterocycles. The number of fused-ring (bicyclic) bond motifs is 1. The van der Waals surface area contributed by atoms with Crippen LogP contribution in [0.15, 0.2) is 18.2 Å². The van der Waals surface area contributed by atoms with E-state index < -0.39 is 12.0 Å². The van der Waals surface area contributed by atoms with Crippen LogP contribution in [0.4, 0.5) is 0 Å². The largest absolute Gasteiger partial charge is 0.550 e. The molecule has 1 aromatic carbocycles. The van der Waals surface area contributed by atoms with Crippen molar-refractivity contribution >= 4 is 23.5 Å². The van der Waals surface area contributed by atoms with Crippen LogP contribution < -0.4 is 5.11 Å². The van der Waals surface area contributed by atoms with Gasteiger partial charge < -0.3 is 14.8 Å². The van der Waals surface area contributed by atoms with E-state index in [1.165, 1.54) is 0 Å². The lowest BCUT2D eigenvalue weighted by atomic mass is 10.0. The highest BCUT2D eigenvalue weighted by molar-refractivity contribution is 6.31. The van der Waals surface area contributed by atoms with Crippen LogP contribution in [0.2, 0.25) is 5.02 Å². The monoisotopic (exact) mass is 280 g/mol. The first-order valence-electron chi connectivity index (χ1n) is 6.20. The van der Waals surface area contributed by atoms with E-state index in [-0.39, 0.29) is 18.2 Å². The van der Waals surface area contributed by atoms with E-state index in [1.54, 1.807) is 23.1 Å². The van der Waals surface area contributed by atoms with Crippen LogP contribution in [0, 0.1) is 5.92 Å². The zero-order valence-electron chi connectivity index (χ0n) is 10.9. The number of carboxylic acids is 1. The number of carbonyl (C=O) groups excluding carboxylic acids is 2. The number of hydrogen-bond acceptors (Lipinski definition) is 3. The van der Waals surface area contributed by atoms with Gasteiger partial charge in [-0.3, -0.25) is 4.79 Å². The predicted molar refractivity (Wildman–Crippen MR) is 69.7 cm³/mol. The first-order chi connectivity index (χ1) is 8.90. The fourth-order valence-electron chi connectivity index (χ4n) is 2.45. The van der Waals surface area contributed by atoms with Crippen LogP contribution in [-0.2, 0) is 4.79 Å². The molecule has 1 aromatic rings. The summed E-state index contributed by atoms with van der Waals surface area (Å²) in [6.45, 7) is 4.49. The first-order valence-corrected chi connectivity index (χ1v) is 6.58. The Morgan fingerprint density at radius 1 is 1.47 bits per heavy atom. The molecule has 1 amide bonds. The summed E-state index contributed by atoms with van der Waals surface area (Å²) in [6, 6.07) is 4.55. The molecule has 19 heavy (non-hydrogen) atoms. The van der Waals surface area contributed by atoms with Gasteiger partial charge in [0, 0.05) is 29.5 Å². The molecule has 0 saturated heterocycles. The lowest BCUT2D eigenvalue weighted by molar-refractivity contribution is -0.306. The summed E-state index contributed by atoms with van der Waals surface area (Å²) in [7, 11) is 0. The highest BCUT2D eigenvalue weighted by Gasteiger charge is 2.36. The lowest BCUT2D eigenvalue weighted by Crippen LogP contribution is -2.35. The van der Waals surface area contributed by atoms with E-state index in [1.807, 2.05) is 13.8 Å². The van der Waals surface area contributed by atoms with Crippen molar-refractivity contribution in [2.75, 3.05) is 6.54 Å². The van der Waals surface area contributed by atoms with E-state index in [2.05, 4.69) is 0 Å². The molecule has 0 aliphatic carbocycles. The van der Waals surface area contributed by atoms with Crippen molar-refractivity contribution in [2.45, 2.75) is 26.3 Å². The van der Waals surface area contributed by atoms with Gasteiger partial charge >= 0.3 is 0 Å². The second-order valence-electron chi connectivity index (χ2n) is 5.17. The van der Waals surface area contributed by atoms with Crippen molar-refractivity contribution in [1.82, 2.24) is 4.90 Å². The Hall–Kier alpha value is -1.55. The Balaban J connectivity index is 2.41. The van der Waals surface area contributed by atoms with E-state index in [4.69, 9.17) is 11.6 Å². The Bertz CT molecular complexity index is 527. The minimum absolute atomic E-state index is 0.155. The molecule has 1 heterocycles. The van der Waals surface area contributed by atoms with Gasteiger partial charge in [0.25, 0.3) is 5.91 Å². The Morgan fingerprint density at radius 2 is 2.16 bits per heavy atom. The van der Waals surface area contributed by atoms with Crippen molar-refractivity contribution < 1.29 is 14.7 Å². The number of carbonyl (C=O) groups is 2. The minimum Gasteiger partial charge on any atom is -0.550 e. The molecular weight excluding hydrogens is 266 g/mol. The summed E-state index contributed by atoms with van der Waals surface area (Å²) in [5.41, 5.74) is 1.22. The van der Waals surface area contributed by atoms with Crippen molar-refractivity contribution in [3.05, 3.63) is 34.3 Å². The Morgan fingerprint density at radius 3 is 2.74 bits per heavy atom. The van der Waals surface area contributed by atoms with E-state index >= 15 is 0 Å². The highest BCUT2D eigenvalue weighted by Crippen LogP contribution is 2.37. The van der Waals surface area contributed by atoms with Gasteiger partial charge in [-0.15, -0.1) is 0 Å². The third-order valence-corrected chi connectivity index (χ3v) is 3.40. The van der Waals surface area contributed by atoms with E-state index in [0.717, 1.165) is 5.56 Å². The molecule has 0 radical (unpaired) electrons. The predicted octanol–water partition coefficient (Wildman–Crippen LogP) is 1.63. The number of halogens is 1. The maximum absolute atomic E-state index is 12.3. The smallest absolute Gasteiger partial charge is 0.254 e. The van der Waals surface area contributed by atoms with E-state index in [0.29, 0.717) is 17.1 Å². The Labute approximate surface area is 117 Å². The molecule has 1 aliphatic heterocycles. The Kier molecular flexibility index (Phi) is 3.80. The van der Waals surface area contributed by atoms with Gasteiger partial charge in [0.15, 0.2) is 0 Å². The standard InChI is InChI=1S/C14H16ClNO3/c1-8(2)7-16-12(6-13(17)18)10-4-3-9(15)5-11(10)14(16)19/h3-5,8,12H,6-7H2,1-2H3,(H,17,18)/p-1. The molecule has 1 aliphatic rings. The molecule has 4 nitrogen and oxygen atoms in total. The van der Waals surface area contributed by atoms with E-state index in [9.17, 15) is 14.7 Å². The van der Waals surface area contributed by atoms with Crippen LogP contribution in [0.25, 0.3) is 0 Å². The molecule has 102 valence electrons. The number of hydrogen-bond donors (Lipinski definition) is 0. The van der Waals surface area contributed by atoms with Gasteiger partial charge in [0.2, 0.25) is 0 Å². The SMILES string of the molecule is CC(C)CN1C(=O)c2cc(Cl)ccc2C1CC(=O)[O-]. The number of amides is 1. The number of carboxylic acid groups (broad SMARTS) is 1. The third kappa shape index (κ3) is 2.73. The molecule has 0 spiro atoms. The third-order valence-electron chi connectivity index (χ3n) is 3.16. The number of aliphatic carboxylic acids is 1. The second-order valence-corrected chi connectivity index (χ2v) is 5.61. The normalized spacial score (nSPS) is 18.0. The summed E-state index contributed by atoms with van der Waals surface area (Å²) >= 11 is 5.90. The molecule has 2 rings (SSSR count). The lowest BCUT2D eigenvalue weighted by Gasteiger charge is -2.27.